The number of nitrogens with zero attached hydrogens (tertiary/aromatic N) is 2. The monoisotopic (exact) mass is 327 g/mol. The number of carbonyl (C=O) groups excluding carboxylic acids is 1. The number of aromatic nitrogens is 2. The van der Waals surface area contributed by atoms with E-state index in [9.17, 15) is 4.79 Å². The van der Waals surface area contributed by atoms with Gasteiger partial charge >= 0.3 is 0 Å². The van der Waals surface area contributed by atoms with Crippen molar-refractivity contribution in [1.82, 2.24) is 9.55 Å². The number of para-hydroxylation sites is 1. The van der Waals surface area contributed by atoms with E-state index in [1.165, 1.54) is 11.3 Å². The summed E-state index contributed by atoms with van der Waals surface area (Å²) in [5, 5.41) is 7.79. The van der Waals surface area contributed by atoms with Crippen LogP contribution >= 0.6 is 23.1 Å². The van der Waals surface area contributed by atoms with E-state index < -0.39 is 0 Å². The highest BCUT2D eigenvalue weighted by atomic mass is 32.2. The highest BCUT2D eigenvalue weighted by molar-refractivity contribution is 7.99. The fraction of sp³-hybridized carbons (Fsp3) is 0.125. The Morgan fingerprint density at radius 1 is 1.27 bits per heavy atom. The molecule has 0 fully saturated rings. The van der Waals surface area contributed by atoms with Gasteiger partial charge in [-0.05, 0) is 17.5 Å². The molecule has 0 unspecified atom stereocenters. The van der Waals surface area contributed by atoms with Crippen LogP contribution in [-0.4, -0.2) is 21.2 Å². The lowest BCUT2D eigenvalue weighted by molar-refractivity contribution is 0.102. The Labute approximate surface area is 136 Å². The van der Waals surface area contributed by atoms with Gasteiger partial charge in [0.05, 0.1) is 16.9 Å². The number of thiophene rings is 1. The summed E-state index contributed by atoms with van der Waals surface area (Å²) >= 11 is 3.28. The molecule has 1 aliphatic heterocycles. The van der Waals surface area contributed by atoms with E-state index in [1.54, 1.807) is 11.8 Å². The van der Waals surface area contributed by atoms with E-state index in [1.807, 2.05) is 41.1 Å². The smallest absolute Gasteiger partial charge is 0.256 e. The van der Waals surface area contributed by atoms with Crippen molar-refractivity contribution in [3.05, 3.63) is 52.9 Å². The number of hydrogen-bond donors (Lipinski definition) is 1. The Kier molecular flexibility index (Phi) is 3.48. The van der Waals surface area contributed by atoms with Gasteiger partial charge < -0.3 is 9.88 Å². The standard InChI is InChI=1S/C16H13N3OS2/c20-15(11-5-7-21-10-11)17-13-4-2-1-3-12(13)14-9-19-6-8-22-16(19)18-14/h1-5,7,9-10H,6,8H2,(H,17,20). The summed E-state index contributed by atoms with van der Waals surface area (Å²) in [6, 6.07) is 9.62. The van der Waals surface area contributed by atoms with Crippen LogP contribution in [0.25, 0.3) is 11.3 Å². The van der Waals surface area contributed by atoms with E-state index >= 15 is 0 Å². The van der Waals surface area contributed by atoms with E-state index in [2.05, 4.69) is 21.1 Å². The number of imidazole rings is 1. The normalized spacial score (nSPS) is 13.1. The molecule has 0 aliphatic carbocycles. The van der Waals surface area contributed by atoms with Crippen LogP contribution in [0.1, 0.15) is 10.4 Å². The van der Waals surface area contributed by atoms with Gasteiger partial charge in [-0.1, -0.05) is 30.0 Å². The largest absolute Gasteiger partial charge is 0.325 e. The Balaban J connectivity index is 1.67. The lowest BCUT2D eigenvalue weighted by Gasteiger charge is -2.08. The minimum absolute atomic E-state index is 0.0881. The fourth-order valence-electron chi connectivity index (χ4n) is 2.44. The first-order chi connectivity index (χ1) is 10.8. The third-order valence-corrected chi connectivity index (χ3v) is 5.19. The number of thioether (sulfide) groups is 1. The lowest BCUT2D eigenvalue weighted by atomic mass is 10.1. The molecule has 0 radical (unpaired) electrons. The number of hydrogen-bond acceptors (Lipinski definition) is 4. The number of rotatable bonds is 3. The number of fused-ring (bicyclic) bond motifs is 1. The van der Waals surface area contributed by atoms with Crippen molar-refractivity contribution in [2.45, 2.75) is 11.7 Å². The molecule has 1 amide bonds. The third kappa shape index (κ3) is 2.44. The van der Waals surface area contributed by atoms with Gasteiger partial charge in [-0.15, -0.1) is 0 Å². The number of aryl methyl sites for hydroxylation is 1. The zero-order valence-electron chi connectivity index (χ0n) is 11.7. The molecule has 0 saturated carbocycles. The number of nitrogens with one attached hydrogen (secondary N) is 1. The maximum atomic E-state index is 12.3. The third-order valence-electron chi connectivity index (χ3n) is 3.54. The molecule has 4 rings (SSSR count). The molecule has 2 aromatic heterocycles. The molecule has 110 valence electrons. The van der Waals surface area contributed by atoms with Crippen molar-refractivity contribution in [3.63, 3.8) is 0 Å². The topological polar surface area (TPSA) is 46.9 Å². The maximum absolute atomic E-state index is 12.3. The second kappa shape index (κ2) is 5.62. The Hall–Kier alpha value is -2.05. The maximum Gasteiger partial charge on any atom is 0.256 e. The lowest BCUT2D eigenvalue weighted by Crippen LogP contribution is -2.11. The molecule has 3 heterocycles. The van der Waals surface area contributed by atoms with Crippen molar-refractivity contribution >= 4 is 34.7 Å². The van der Waals surface area contributed by atoms with Crippen molar-refractivity contribution in [3.8, 4) is 11.3 Å². The van der Waals surface area contributed by atoms with Crippen LogP contribution in [-0.2, 0) is 6.54 Å². The van der Waals surface area contributed by atoms with Gasteiger partial charge in [0.25, 0.3) is 5.91 Å². The molecular formula is C16H13N3OS2. The average molecular weight is 327 g/mol. The van der Waals surface area contributed by atoms with Crippen LogP contribution in [0.2, 0.25) is 0 Å². The molecule has 0 bridgehead atoms. The van der Waals surface area contributed by atoms with Crippen molar-refractivity contribution in [2.75, 3.05) is 11.1 Å². The highest BCUT2D eigenvalue weighted by Gasteiger charge is 2.17. The summed E-state index contributed by atoms with van der Waals surface area (Å²) in [4.78, 5) is 16.9. The predicted molar refractivity (Wildman–Crippen MR) is 90.7 cm³/mol. The Morgan fingerprint density at radius 2 is 2.18 bits per heavy atom. The number of amides is 1. The zero-order valence-corrected chi connectivity index (χ0v) is 13.3. The zero-order chi connectivity index (χ0) is 14.9. The van der Waals surface area contributed by atoms with Gasteiger partial charge in [0, 0.05) is 29.4 Å². The minimum Gasteiger partial charge on any atom is -0.325 e. The fourth-order valence-corrected chi connectivity index (χ4v) is 4.02. The van der Waals surface area contributed by atoms with Crippen LogP contribution in [0.3, 0.4) is 0 Å². The van der Waals surface area contributed by atoms with Gasteiger partial charge in [-0.2, -0.15) is 11.3 Å². The molecular weight excluding hydrogens is 314 g/mol. The molecule has 4 nitrogen and oxygen atoms in total. The quantitative estimate of drug-likeness (QED) is 0.792. The molecule has 0 atom stereocenters. The average Bonchev–Trinajstić information content (AvgIpc) is 3.24. The van der Waals surface area contributed by atoms with Crippen LogP contribution in [0.15, 0.2) is 52.4 Å². The van der Waals surface area contributed by atoms with Crippen LogP contribution in [0, 0.1) is 0 Å². The second-order valence-electron chi connectivity index (χ2n) is 4.96. The summed E-state index contributed by atoms with van der Waals surface area (Å²) < 4.78 is 2.16. The Morgan fingerprint density at radius 3 is 3.00 bits per heavy atom. The number of anilines is 1. The number of benzene rings is 1. The van der Waals surface area contributed by atoms with Crippen LogP contribution in [0.5, 0.6) is 0 Å². The molecule has 6 heteroatoms. The molecule has 1 aliphatic rings. The predicted octanol–water partition coefficient (Wildman–Crippen LogP) is 3.97. The summed E-state index contributed by atoms with van der Waals surface area (Å²) in [5.74, 6) is 0.994. The van der Waals surface area contributed by atoms with Crippen molar-refractivity contribution < 1.29 is 4.79 Å². The Bertz CT molecular complexity index is 802. The first-order valence-corrected chi connectivity index (χ1v) is 8.87. The second-order valence-corrected chi connectivity index (χ2v) is 6.80. The SMILES string of the molecule is O=C(Nc1ccccc1-c1cn2c(n1)SCC2)c1ccsc1. The van der Waals surface area contributed by atoms with Crippen molar-refractivity contribution in [2.24, 2.45) is 0 Å². The minimum atomic E-state index is -0.0881. The molecule has 22 heavy (non-hydrogen) atoms. The highest BCUT2D eigenvalue weighted by Crippen LogP contribution is 2.32. The van der Waals surface area contributed by atoms with E-state index in [-0.39, 0.29) is 5.91 Å². The first-order valence-electron chi connectivity index (χ1n) is 6.94. The first kappa shape index (κ1) is 13.6. The van der Waals surface area contributed by atoms with Crippen LogP contribution < -0.4 is 5.32 Å². The molecule has 1 aromatic carbocycles. The number of carbonyl (C=O) groups is 1. The summed E-state index contributed by atoms with van der Waals surface area (Å²) in [6.45, 7) is 0.996. The van der Waals surface area contributed by atoms with E-state index in [0.717, 1.165) is 34.4 Å². The van der Waals surface area contributed by atoms with Gasteiger partial charge in [0.2, 0.25) is 0 Å². The summed E-state index contributed by atoms with van der Waals surface area (Å²) in [7, 11) is 0. The van der Waals surface area contributed by atoms with Gasteiger partial charge in [0.1, 0.15) is 0 Å². The molecule has 0 saturated heterocycles. The van der Waals surface area contributed by atoms with Gasteiger partial charge in [-0.25, -0.2) is 4.98 Å². The summed E-state index contributed by atoms with van der Waals surface area (Å²) in [6.07, 6.45) is 2.06. The van der Waals surface area contributed by atoms with E-state index in [4.69, 9.17) is 0 Å². The van der Waals surface area contributed by atoms with Gasteiger partial charge in [-0.3, -0.25) is 4.79 Å². The molecule has 3 aromatic rings. The van der Waals surface area contributed by atoms with Gasteiger partial charge in [0.15, 0.2) is 5.16 Å². The van der Waals surface area contributed by atoms with E-state index in [0.29, 0.717) is 5.56 Å². The van der Waals surface area contributed by atoms with Crippen LogP contribution in [0.4, 0.5) is 5.69 Å². The molecule has 1 N–H and O–H groups in total. The van der Waals surface area contributed by atoms with Crippen molar-refractivity contribution in [1.29, 1.82) is 0 Å². The summed E-state index contributed by atoms with van der Waals surface area (Å²) in [5.41, 5.74) is 3.33. The molecule has 0 spiro atoms.